The van der Waals surface area contributed by atoms with Crippen LogP contribution in [0, 0.1) is 0 Å². The maximum absolute atomic E-state index is 10.8. The first kappa shape index (κ1) is 10.0. The lowest BCUT2D eigenvalue weighted by atomic mass is 9.78. The molecule has 1 heterocycles. The Hall–Kier alpha value is -1.51. The monoisotopic (exact) mass is 205 g/mol. The van der Waals surface area contributed by atoms with Gasteiger partial charge in [-0.2, -0.15) is 0 Å². The van der Waals surface area contributed by atoms with Crippen LogP contribution in [0.15, 0.2) is 18.2 Å². The van der Waals surface area contributed by atoms with Crippen LogP contribution in [0.2, 0.25) is 0 Å². The average Bonchev–Trinajstić information content (AvgIpc) is 2.18. The minimum Gasteiger partial charge on any atom is -0.508 e. The van der Waals surface area contributed by atoms with E-state index in [-0.39, 0.29) is 5.41 Å². The summed E-state index contributed by atoms with van der Waals surface area (Å²) in [6.45, 7) is 5.51. The normalized spacial score (nSPS) is 18.4. The molecule has 0 bridgehead atoms. The number of aromatic hydroxyl groups is 1. The van der Waals surface area contributed by atoms with E-state index in [4.69, 9.17) is 0 Å². The predicted octanol–water partition coefficient (Wildman–Crippen LogP) is 1.64. The van der Waals surface area contributed by atoms with Crippen molar-refractivity contribution in [2.75, 3.05) is 6.54 Å². The Morgan fingerprint density at radius 1 is 1.47 bits per heavy atom. The molecule has 3 nitrogen and oxygen atoms in total. The van der Waals surface area contributed by atoms with E-state index >= 15 is 0 Å². The fourth-order valence-electron chi connectivity index (χ4n) is 2.27. The number of phenols is 1. The minimum atomic E-state index is -0.0900. The molecule has 0 unspecified atom stereocenters. The molecule has 0 saturated carbocycles. The number of carbonyl (C=O) groups excluding carboxylic acids is 1. The number of hydrogen-bond donors (Lipinski definition) is 1. The van der Waals surface area contributed by atoms with Crippen molar-refractivity contribution in [1.29, 1.82) is 0 Å². The van der Waals surface area contributed by atoms with Gasteiger partial charge in [-0.3, -0.25) is 4.79 Å². The van der Waals surface area contributed by atoms with Crippen LogP contribution in [0.25, 0.3) is 0 Å². The second-order valence-corrected chi connectivity index (χ2v) is 4.74. The van der Waals surface area contributed by atoms with Gasteiger partial charge < -0.3 is 10.0 Å². The Bertz CT molecular complexity index is 399. The Labute approximate surface area is 89.3 Å². The summed E-state index contributed by atoms with van der Waals surface area (Å²) in [5.74, 6) is 0.293. The predicted molar refractivity (Wildman–Crippen MR) is 57.6 cm³/mol. The van der Waals surface area contributed by atoms with E-state index in [0.29, 0.717) is 18.8 Å². The third kappa shape index (κ3) is 1.69. The molecular weight excluding hydrogens is 190 g/mol. The van der Waals surface area contributed by atoms with Crippen molar-refractivity contribution >= 4 is 6.41 Å². The third-order valence-corrected chi connectivity index (χ3v) is 2.94. The van der Waals surface area contributed by atoms with Crippen LogP contribution < -0.4 is 0 Å². The SMILES string of the molecule is CC1(C)CN(C=O)Cc2ccc(O)cc21. The molecule has 1 aromatic carbocycles. The van der Waals surface area contributed by atoms with Crippen LogP contribution in [-0.2, 0) is 16.8 Å². The van der Waals surface area contributed by atoms with Crippen molar-refractivity contribution in [3.8, 4) is 5.75 Å². The van der Waals surface area contributed by atoms with Gasteiger partial charge in [0, 0.05) is 18.5 Å². The zero-order valence-electron chi connectivity index (χ0n) is 9.03. The highest BCUT2D eigenvalue weighted by atomic mass is 16.3. The molecule has 1 aliphatic rings. The van der Waals surface area contributed by atoms with Crippen molar-refractivity contribution in [2.45, 2.75) is 25.8 Å². The number of nitrogens with zero attached hydrogens (tertiary/aromatic N) is 1. The smallest absolute Gasteiger partial charge is 0.210 e. The maximum Gasteiger partial charge on any atom is 0.210 e. The van der Waals surface area contributed by atoms with Crippen LogP contribution in [0.1, 0.15) is 25.0 Å². The van der Waals surface area contributed by atoms with Gasteiger partial charge in [-0.1, -0.05) is 19.9 Å². The highest BCUT2D eigenvalue weighted by molar-refractivity contribution is 5.51. The summed E-state index contributed by atoms with van der Waals surface area (Å²) in [5, 5.41) is 9.46. The molecule has 3 heteroatoms. The quantitative estimate of drug-likeness (QED) is 0.708. The van der Waals surface area contributed by atoms with E-state index in [1.807, 2.05) is 6.07 Å². The number of benzene rings is 1. The standard InChI is InChI=1S/C12H15NO2/c1-12(2)7-13(8-14)6-9-3-4-10(15)5-11(9)12/h3-5,8,15H,6-7H2,1-2H3. The molecule has 0 saturated heterocycles. The maximum atomic E-state index is 10.8. The molecule has 1 aromatic rings. The van der Waals surface area contributed by atoms with Crippen molar-refractivity contribution in [2.24, 2.45) is 0 Å². The summed E-state index contributed by atoms with van der Waals surface area (Å²) < 4.78 is 0. The molecular formula is C12H15NO2. The van der Waals surface area contributed by atoms with Gasteiger partial charge in [-0.05, 0) is 23.3 Å². The second kappa shape index (κ2) is 3.26. The largest absolute Gasteiger partial charge is 0.508 e. The number of rotatable bonds is 1. The lowest BCUT2D eigenvalue weighted by molar-refractivity contribution is -0.119. The summed E-state index contributed by atoms with van der Waals surface area (Å²) in [7, 11) is 0. The first-order valence-corrected chi connectivity index (χ1v) is 5.05. The lowest BCUT2D eigenvalue weighted by Crippen LogP contribution is -2.41. The Kier molecular flexibility index (Phi) is 2.18. The van der Waals surface area contributed by atoms with Gasteiger partial charge in [-0.25, -0.2) is 0 Å². The van der Waals surface area contributed by atoms with Crippen LogP contribution in [0.5, 0.6) is 5.75 Å². The van der Waals surface area contributed by atoms with E-state index in [1.54, 1.807) is 17.0 Å². The first-order valence-electron chi connectivity index (χ1n) is 5.05. The van der Waals surface area contributed by atoms with Gasteiger partial charge in [0.15, 0.2) is 0 Å². The molecule has 80 valence electrons. The summed E-state index contributed by atoms with van der Waals surface area (Å²) in [6.07, 6.45) is 0.886. The van der Waals surface area contributed by atoms with Crippen molar-refractivity contribution < 1.29 is 9.90 Å². The third-order valence-electron chi connectivity index (χ3n) is 2.94. The average molecular weight is 205 g/mol. The minimum absolute atomic E-state index is 0.0900. The van der Waals surface area contributed by atoms with Crippen LogP contribution in [-0.4, -0.2) is 23.0 Å². The Morgan fingerprint density at radius 2 is 2.20 bits per heavy atom. The van der Waals surface area contributed by atoms with Gasteiger partial charge >= 0.3 is 0 Å². The Morgan fingerprint density at radius 3 is 2.87 bits per heavy atom. The molecule has 0 radical (unpaired) electrons. The van der Waals surface area contributed by atoms with Gasteiger partial charge in [0.2, 0.25) is 6.41 Å². The summed E-state index contributed by atoms with van der Waals surface area (Å²) in [6, 6.07) is 5.36. The van der Waals surface area contributed by atoms with E-state index in [2.05, 4.69) is 13.8 Å². The number of hydrogen-bond acceptors (Lipinski definition) is 2. The topological polar surface area (TPSA) is 40.5 Å². The molecule has 1 aliphatic heterocycles. The van der Waals surface area contributed by atoms with E-state index in [0.717, 1.165) is 17.5 Å². The van der Waals surface area contributed by atoms with Crippen molar-refractivity contribution in [1.82, 2.24) is 4.90 Å². The van der Waals surface area contributed by atoms with Crippen LogP contribution in [0.4, 0.5) is 0 Å². The van der Waals surface area contributed by atoms with E-state index in [1.165, 1.54) is 0 Å². The molecule has 0 spiro atoms. The molecule has 2 rings (SSSR count). The number of fused-ring (bicyclic) bond motifs is 1. The lowest BCUT2D eigenvalue weighted by Gasteiger charge is -2.38. The van der Waals surface area contributed by atoms with Gasteiger partial charge in [0.1, 0.15) is 5.75 Å². The molecule has 1 N–H and O–H groups in total. The second-order valence-electron chi connectivity index (χ2n) is 4.74. The van der Waals surface area contributed by atoms with E-state index in [9.17, 15) is 9.90 Å². The number of carbonyl (C=O) groups is 1. The van der Waals surface area contributed by atoms with Gasteiger partial charge in [-0.15, -0.1) is 0 Å². The summed E-state index contributed by atoms with van der Waals surface area (Å²) >= 11 is 0. The van der Waals surface area contributed by atoms with Gasteiger partial charge in [0.05, 0.1) is 0 Å². The molecule has 0 atom stereocenters. The van der Waals surface area contributed by atoms with Gasteiger partial charge in [0.25, 0.3) is 0 Å². The van der Waals surface area contributed by atoms with Crippen LogP contribution in [0.3, 0.4) is 0 Å². The summed E-state index contributed by atoms with van der Waals surface area (Å²) in [5.41, 5.74) is 2.17. The zero-order valence-corrected chi connectivity index (χ0v) is 9.03. The molecule has 0 fully saturated rings. The highest BCUT2D eigenvalue weighted by Crippen LogP contribution is 2.34. The number of amides is 1. The first-order chi connectivity index (χ1) is 7.03. The molecule has 0 aliphatic carbocycles. The van der Waals surface area contributed by atoms with Crippen molar-refractivity contribution in [3.05, 3.63) is 29.3 Å². The molecule has 1 amide bonds. The molecule has 0 aromatic heterocycles. The fraction of sp³-hybridized carbons (Fsp3) is 0.417. The molecule has 15 heavy (non-hydrogen) atoms. The van der Waals surface area contributed by atoms with Crippen LogP contribution >= 0.6 is 0 Å². The van der Waals surface area contributed by atoms with Crippen molar-refractivity contribution in [3.63, 3.8) is 0 Å². The highest BCUT2D eigenvalue weighted by Gasteiger charge is 2.31. The summed E-state index contributed by atoms with van der Waals surface area (Å²) in [4.78, 5) is 12.6. The fourth-order valence-corrected chi connectivity index (χ4v) is 2.27. The number of phenolic OH excluding ortho intramolecular Hbond substituents is 1. The Balaban J connectivity index is 2.49. The van der Waals surface area contributed by atoms with E-state index < -0.39 is 0 Å². The zero-order chi connectivity index (χ0) is 11.1.